The molecule has 0 bridgehead atoms. The average Bonchev–Trinajstić information content (AvgIpc) is 2.30. The van der Waals surface area contributed by atoms with Crippen molar-refractivity contribution in [3.05, 3.63) is 57.0 Å². The van der Waals surface area contributed by atoms with Crippen LogP contribution in [0.3, 0.4) is 0 Å². The number of hydrogen-bond acceptors (Lipinski definition) is 3. The molecule has 0 N–H and O–H groups in total. The molecule has 1 aromatic carbocycles. The number of carbonyl (C=O) groups excluding carboxylic acids is 1. The summed E-state index contributed by atoms with van der Waals surface area (Å²) in [6, 6.07) is 7.21. The van der Waals surface area contributed by atoms with Crippen LogP contribution in [-0.2, 0) is 0 Å². The van der Waals surface area contributed by atoms with Crippen molar-refractivity contribution < 1.29 is 4.79 Å². The van der Waals surface area contributed by atoms with Gasteiger partial charge in [0.25, 0.3) is 5.24 Å². The molecule has 0 radical (unpaired) electrons. The smallest absolute Gasteiger partial charge is 0.276 e. The van der Waals surface area contributed by atoms with E-state index in [1.54, 1.807) is 11.6 Å². The molecule has 0 atom stereocenters. The van der Waals surface area contributed by atoms with Gasteiger partial charge in [0.05, 0.1) is 5.69 Å². The van der Waals surface area contributed by atoms with Crippen LogP contribution in [0.25, 0.3) is 5.69 Å². The maximum atomic E-state index is 11.7. The SMILES string of the molecule is Cc1cccc(C)c1-n1nc(C(=O)Cl)c(=O)cc1C. The van der Waals surface area contributed by atoms with E-state index in [0.29, 0.717) is 5.69 Å². The first-order valence-corrected chi connectivity index (χ1v) is 6.17. The Balaban J connectivity index is 2.80. The zero-order valence-corrected chi connectivity index (χ0v) is 11.7. The highest BCUT2D eigenvalue weighted by Gasteiger charge is 2.14. The summed E-state index contributed by atoms with van der Waals surface area (Å²) in [5.74, 6) is 0. The van der Waals surface area contributed by atoms with Crippen LogP contribution in [0.4, 0.5) is 0 Å². The molecule has 0 aliphatic carbocycles. The molecule has 0 saturated carbocycles. The number of benzene rings is 1. The van der Waals surface area contributed by atoms with E-state index in [1.807, 2.05) is 32.0 Å². The lowest BCUT2D eigenvalue weighted by Crippen LogP contribution is -2.21. The van der Waals surface area contributed by atoms with E-state index in [-0.39, 0.29) is 5.69 Å². The molecular formula is C14H13ClN2O2. The van der Waals surface area contributed by atoms with Gasteiger partial charge >= 0.3 is 0 Å². The molecule has 1 heterocycles. The van der Waals surface area contributed by atoms with E-state index in [1.165, 1.54) is 6.07 Å². The molecule has 0 aliphatic heterocycles. The molecule has 0 aliphatic rings. The standard InChI is InChI=1S/C14H13ClN2O2/c1-8-5-4-6-9(2)13(8)17-10(3)7-11(18)12(16-17)14(15)19/h4-7H,1-3H3. The lowest BCUT2D eigenvalue weighted by atomic mass is 10.1. The fourth-order valence-corrected chi connectivity index (χ4v) is 2.18. The van der Waals surface area contributed by atoms with Crippen molar-refractivity contribution in [3.63, 3.8) is 0 Å². The summed E-state index contributed by atoms with van der Waals surface area (Å²) in [6.45, 7) is 5.66. The lowest BCUT2D eigenvalue weighted by molar-refractivity contribution is 0.107. The van der Waals surface area contributed by atoms with E-state index in [2.05, 4.69) is 5.10 Å². The van der Waals surface area contributed by atoms with Crippen LogP contribution >= 0.6 is 11.6 Å². The summed E-state index contributed by atoms with van der Waals surface area (Å²) < 4.78 is 1.58. The van der Waals surface area contributed by atoms with Gasteiger partial charge in [-0.1, -0.05) is 18.2 Å². The van der Waals surface area contributed by atoms with Crippen molar-refractivity contribution in [2.45, 2.75) is 20.8 Å². The first-order chi connectivity index (χ1) is 8.91. The molecule has 1 aromatic heterocycles. The number of hydrogen-bond donors (Lipinski definition) is 0. The third-order valence-corrected chi connectivity index (χ3v) is 3.12. The Kier molecular flexibility index (Phi) is 3.53. The number of halogens is 1. The van der Waals surface area contributed by atoms with Crippen molar-refractivity contribution in [2.75, 3.05) is 0 Å². The fraction of sp³-hybridized carbons (Fsp3) is 0.214. The number of para-hydroxylation sites is 1. The summed E-state index contributed by atoms with van der Waals surface area (Å²) >= 11 is 5.39. The van der Waals surface area contributed by atoms with Crippen LogP contribution in [0.2, 0.25) is 0 Å². The van der Waals surface area contributed by atoms with Gasteiger partial charge < -0.3 is 0 Å². The Hall–Kier alpha value is -1.94. The number of aromatic nitrogens is 2. The van der Waals surface area contributed by atoms with Crippen molar-refractivity contribution >= 4 is 16.8 Å². The van der Waals surface area contributed by atoms with E-state index in [0.717, 1.165) is 16.8 Å². The van der Waals surface area contributed by atoms with Crippen molar-refractivity contribution in [1.29, 1.82) is 0 Å². The Morgan fingerprint density at radius 2 is 1.79 bits per heavy atom. The maximum Gasteiger partial charge on any atom is 0.276 e. The molecule has 0 unspecified atom stereocenters. The molecule has 2 aromatic rings. The molecule has 5 heteroatoms. The van der Waals surface area contributed by atoms with Crippen LogP contribution < -0.4 is 5.43 Å². The van der Waals surface area contributed by atoms with Gasteiger partial charge in [-0.15, -0.1) is 0 Å². The van der Waals surface area contributed by atoms with E-state index < -0.39 is 10.7 Å². The second-order valence-corrected chi connectivity index (χ2v) is 4.77. The topological polar surface area (TPSA) is 52.0 Å². The minimum absolute atomic E-state index is 0.255. The van der Waals surface area contributed by atoms with E-state index >= 15 is 0 Å². The van der Waals surface area contributed by atoms with E-state index in [4.69, 9.17) is 11.6 Å². The molecular weight excluding hydrogens is 264 g/mol. The number of rotatable bonds is 2. The maximum absolute atomic E-state index is 11.7. The minimum Gasteiger partial charge on any atom is -0.287 e. The Bertz CT molecular complexity index is 700. The predicted molar refractivity (Wildman–Crippen MR) is 74.2 cm³/mol. The van der Waals surface area contributed by atoms with Crippen molar-refractivity contribution in [3.8, 4) is 5.69 Å². The van der Waals surface area contributed by atoms with E-state index in [9.17, 15) is 9.59 Å². The summed E-state index contributed by atoms with van der Waals surface area (Å²) in [5.41, 5.74) is 2.82. The zero-order chi connectivity index (χ0) is 14.2. The number of nitrogens with zero attached hydrogens (tertiary/aromatic N) is 2. The molecule has 2 rings (SSSR count). The summed E-state index contributed by atoms with van der Waals surface area (Å²) in [7, 11) is 0. The third-order valence-electron chi connectivity index (χ3n) is 2.94. The Morgan fingerprint density at radius 3 is 2.32 bits per heavy atom. The van der Waals surface area contributed by atoms with Crippen molar-refractivity contribution in [1.82, 2.24) is 9.78 Å². The van der Waals surface area contributed by atoms with Gasteiger partial charge in [0.15, 0.2) is 5.69 Å². The van der Waals surface area contributed by atoms with Crippen LogP contribution in [0, 0.1) is 20.8 Å². The van der Waals surface area contributed by atoms with Gasteiger partial charge in [0.2, 0.25) is 5.43 Å². The highest BCUT2D eigenvalue weighted by atomic mass is 35.5. The quantitative estimate of drug-likeness (QED) is 0.792. The Labute approximate surface area is 115 Å². The highest BCUT2D eigenvalue weighted by Crippen LogP contribution is 2.18. The van der Waals surface area contributed by atoms with Gasteiger partial charge in [0.1, 0.15) is 0 Å². The summed E-state index contributed by atoms with van der Waals surface area (Å²) in [5, 5.41) is 3.24. The first-order valence-electron chi connectivity index (χ1n) is 5.79. The second-order valence-electron chi connectivity index (χ2n) is 4.42. The fourth-order valence-electron chi connectivity index (χ4n) is 2.05. The van der Waals surface area contributed by atoms with Crippen LogP contribution in [0.5, 0.6) is 0 Å². The van der Waals surface area contributed by atoms with Gasteiger partial charge in [-0.2, -0.15) is 5.10 Å². The summed E-state index contributed by atoms with van der Waals surface area (Å²) in [4.78, 5) is 22.9. The predicted octanol–water partition coefficient (Wildman–Crippen LogP) is 2.54. The molecule has 98 valence electrons. The summed E-state index contributed by atoms with van der Waals surface area (Å²) in [6.07, 6.45) is 0. The second kappa shape index (κ2) is 4.97. The molecule has 0 amide bonds. The van der Waals surface area contributed by atoms with Gasteiger partial charge in [-0.3, -0.25) is 9.59 Å². The van der Waals surface area contributed by atoms with Crippen LogP contribution in [0.1, 0.15) is 27.3 Å². The molecule has 0 fully saturated rings. The highest BCUT2D eigenvalue weighted by molar-refractivity contribution is 6.67. The van der Waals surface area contributed by atoms with Gasteiger partial charge in [-0.25, -0.2) is 4.68 Å². The van der Waals surface area contributed by atoms with Gasteiger partial charge in [0, 0.05) is 11.8 Å². The lowest BCUT2D eigenvalue weighted by Gasteiger charge is -2.15. The van der Waals surface area contributed by atoms with Gasteiger partial charge in [-0.05, 0) is 43.5 Å². The Morgan fingerprint density at radius 1 is 1.21 bits per heavy atom. The molecule has 0 saturated heterocycles. The minimum atomic E-state index is -0.843. The zero-order valence-electron chi connectivity index (χ0n) is 10.9. The normalized spacial score (nSPS) is 10.5. The third kappa shape index (κ3) is 2.44. The van der Waals surface area contributed by atoms with Crippen LogP contribution in [-0.4, -0.2) is 15.0 Å². The largest absolute Gasteiger partial charge is 0.287 e. The number of carbonyl (C=O) groups is 1. The molecule has 0 spiro atoms. The number of aryl methyl sites for hydroxylation is 3. The molecule has 19 heavy (non-hydrogen) atoms. The average molecular weight is 277 g/mol. The van der Waals surface area contributed by atoms with Crippen LogP contribution in [0.15, 0.2) is 29.1 Å². The monoisotopic (exact) mass is 276 g/mol. The first kappa shape index (κ1) is 13.5. The molecule has 4 nitrogen and oxygen atoms in total. The van der Waals surface area contributed by atoms with Crippen molar-refractivity contribution in [2.24, 2.45) is 0 Å².